The molecule has 1 aliphatic heterocycles. The average molecular weight is 277 g/mol. The van der Waals surface area contributed by atoms with Crippen LogP contribution in [0.4, 0.5) is 0 Å². The van der Waals surface area contributed by atoms with E-state index < -0.39 is 5.97 Å². The van der Waals surface area contributed by atoms with Crippen molar-refractivity contribution in [3.63, 3.8) is 0 Å². The molecule has 1 heterocycles. The summed E-state index contributed by atoms with van der Waals surface area (Å²) in [7, 11) is 0. The number of nitrogens with zero attached hydrogens (tertiary/aromatic N) is 1. The molecule has 0 unspecified atom stereocenters. The first kappa shape index (κ1) is 14.5. The van der Waals surface area contributed by atoms with Crippen molar-refractivity contribution in [2.24, 2.45) is 0 Å². The minimum atomic E-state index is -0.436. The number of ether oxygens (including phenoxy) is 2. The summed E-state index contributed by atoms with van der Waals surface area (Å²) in [6.45, 7) is 6.27. The highest BCUT2D eigenvalue weighted by molar-refractivity contribution is 5.97. The second-order valence-corrected chi connectivity index (χ2v) is 5.06. The van der Waals surface area contributed by atoms with Crippen molar-refractivity contribution in [1.29, 1.82) is 0 Å². The smallest absolute Gasteiger partial charge is 0.308 e. The van der Waals surface area contributed by atoms with Gasteiger partial charge < -0.3 is 14.4 Å². The van der Waals surface area contributed by atoms with E-state index in [1.807, 2.05) is 13.8 Å². The molecule has 5 heteroatoms. The van der Waals surface area contributed by atoms with E-state index in [0.717, 1.165) is 0 Å². The van der Waals surface area contributed by atoms with Gasteiger partial charge in [0.15, 0.2) is 0 Å². The molecule has 5 nitrogen and oxygen atoms in total. The fourth-order valence-corrected chi connectivity index (χ4v) is 2.40. The Balaban J connectivity index is 2.22. The van der Waals surface area contributed by atoms with Crippen molar-refractivity contribution in [3.05, 3.63) is 29.8 Å². The van der Waals surface area contributed by atoms with Crippen LogP contribution in [0.2, 0.25) is 0 Å². The van der Waals surface area contributed by atoms with Gasteiger partial charge in [-0.2, -0.15) is 0 Å². The first-order valence-electron chi connectivity index (χ1n) is 6.69. The lowest BCUT2D eigenvalue weighted by atomic mass is 10.1. The van der Waals surface area contributed by atoms with Gasteiger partial charge in [-0.15, -0.1) is 0 Å². The molecule has 1 fully saturated rings. The van der Waals surface area contributed by atoms with Gasteiger partial charge >= 0.3 is 5.97 Å². The van der Waals surface area contributed by atoms with Crippen LogP contribution in [-0.4, -0.2) is 42.1 Å². The minimum absolute atomic E-state index is 0.00332. The summed E-state index contributed by atoms with van der Waals surface area (Å²) >= 11 is 0. The number of morpholine rings is 1. The number of amides is 1. The van der Waals surface area contributed by atoms with Gasteiger partial charge in [0.05, 0.1) is 17.8 Å². The highest BCUT2D eigenvalue weighted by atomic mass is 16.5. The summed E-state index contributed by atoms with van der Waals surface area (Å²) in [6.07, 6.45) is 0.00664. The maximum absolute atomic E-state index is 12.6. The third-order valence-corrected chi connectivity index (χ3v) is 3.08. The molecule has 0 saturated carbocycles. The first-order chi connectivity index (χ1) is 9.47. The van der Waals surface area contributed by atoms with Crippen molar-refractivity contribution < 1.29 is 19.1 Å². The summed E-state index contributed by atoms with van der Waals surface area (Å²) in [4.78, 5) is 25.4. The Bertz CT molecular complexity index is 504. The standard InChI is InChI=1S/C15H19NO4/c1-10-8-16(9-11(2)19-10)15(18)13-6-4-5-7-14(13)20-12(3)17/h4-7,10-11H,8-9H2,1-3H3/t10-,11-/m0/s1. The van der Waals surface area contributed by atoms with Gasteiger partial charge in [-0.3, -0.25) is 9.59 Å². The van der Waals surface area contributed by atoms with Crippen LogP contribution < -0.4 is 4.74 Å². The van der Waals surface area contributed by atoms with Crippen molar-refractivity contribution in [1.82, 2.24) is 4.90 Å². The SMILES string of the molecule is CC(=O)Oc1ccccc1C(=O)N1C[C@H](C)O[C@@H](C)C1. The normalized spacial score (nSPS) is 22.4. The number of esters is 1. The van der Waals surface area contributed by atoms with Gasteiger partial charge in [0, 0.05) is 20.0 Å². The lowest BCUT2D eigenvalue weighted by Gasteiger charge is -2.35. The van der Waals surface area contributed by atoms with Gasteiger partial charge in [0.25, 0.3) is 5.91 Å². The second kappa shape index (κ2) is 6.05. The minimum Gasteiger partial charge on any atom is -0.426 e. The molecule has 2 rings (SSSR count). The number of hydrogen-bond donors (Lipinski definition) is 0. The lowest BCUT2D eigenvalue weighted by Crippen LogP contribution is -2.48. The Morgan fingerprint density at radius 2 is 1.80 bits per heavy atom. The van der Waals surface area contributed by atoms with Gasteiger partial charge in [-0.25, -0.2) is 0 Å². The molecule has 0 aromatic heterocycles. The van der Waals surface area contributed by atoms with Crippen LogP contribution in [0.3, 0.4) is 0 Å². The summed E-state index contributed by atoms with van der Waals surface area (Å²) in [6, 6.07) is 6.79. The zero-order valence-electron chi connectivity index (χ0n) is 12.0. The zero-order valence-corrected chi connectivity index (χ0v) is 12.0. The highest BCUT2D eigenvalue weighted by Crippen LogP contribution is 2.22. The predicted molar refractivity (Wildman–Crippen MR) is 73.7 cm³/mol. The van der Waals surface area contributed by atoms with Crippen molar-refractivity contribution >= 4 is 11.9 Å². The van der Waals surface area contributed by atoms with Crippen LogP contribution in [0.25, 0.3) is 0 Å². The Labute approximate surface area is 118 Å². The van der Waals surface area contributed by atoms with Crippen LogP contribution in [0.15, 0.2) is 24.3 Å². The molecule has 20 heavy (non-hydrogen) atoms. The van der Waals surface area contributed by atoms with E-state index in [4.69, 9.17) is 9.47 Å². The summed E-state index contributed by atoms with van der Waals surface area (Å²) in [5, 5.41) is 0. The highest BCUT2D eigenvalue weighted by Gasteiger charge is 2.28. The largest absolute Gasteiger partial charge is 0.426 e. The lowest BCUT2D eigenvalue weighted by molar-refractivity contribution is -0.131. The average Bonchev–Trinajstić information content (AvgIpc) is 2.36. The molecular formula is C15H19NO4. The fourth-order valence-electron chi connectivity index (χ4n) is 2.40. The van der Waals surface area contributed by atoms with E-state index in [9.17, 15) is 9.59 Å². The quantitative estimate of drug-likeness (QED) is 0.611. The van der Waals surface area contributed by atoms with Gasteiger partial charge in [0.1, 0.15) is 5.75 Å². The van der Waals surface area contributed by atoms with Gasteiger partial charge in [-0.1, -0.05) is 12.1 Å². The third-order valence-electron chi connectivity index (χ3n) is 3.08. The van der Waals surface area contributed by atoms with Crippen LogP contribution in [0, 0.1) is 0 Å². The second-order valence-electron chi connectivity index (χ2n) is 5.06. The molecule has 0 aliphatic carbocycles. The van der Waals surface area contributed by atoms with E-state index in [-0.39, 0.29) is 18.1 Å². The molecule has 0 bridgehead atoms. The van der Waals surface area contributed by atoms with E-state index >= 15 is 0 Å². The van der Waals surface area contributed by atoms with E-state index in [2.05, 4.69) is 0 Å². The number of carbonyl (C=O) groups excluding carboxylic acids is 2. The molecule has 108 valence electrons. The summed E-state index contributed by atoms with van der Waals surface area (Å²) < 4.78 is 10.7. The van der Waals surface area contributed by atoms with E-state index in [1.165, 1.54) is 6.92 Å². The molecule has 2 atom stereocenters. The van der Waals surface area contributed by atoms with Crippen molar-refractivity contribution in [2.45, 2.75) is 33.0 Å². The molecule has 1 aromatic rings. The fraction of sp³-hybridized carbons (Fsp3) is 0.467. The Kier molecular flexibility index (Phi) is 4.39. The van der Waals surface area contributed by atoms with Gasteiger partial charge in [0.2, 0.25) is 0 Å². The summed E-state index contributed by atoms with van der Waals surface area (Å²) in [5.41, 5.74) is 0.406. The molecular weight excluding hydrogens is 258 g/mol. The maximum atomic E-state index is 12.6. The topological polar surface area (TPSA) is 55.8 Å². The van der Waals surface area contributed by atoms with Gasteiger partial charge in [-0.05, 0) is 26.0 Å². The zero-order chi connectivity index (χ0) is 14.7. The maximum Gasteiger partial charge on any atom is 0.308 e. The number of rotatable bonds is 2. The Hall–Kier alpha value is -1.88. The summed E-state index contributed by atoms with van der Waals surface area (Å²) in [5.74, 6) is -0.269. The van der Waals surface area contributed by atoms with E-state index in [0.29, 0.717) is 24.4 Å². The van der Waals surface area contributed by atoms with E-state index in [1.54, 1.807) is 29.2 Å². The molecule has 1 amide bonds. The van der Waals surface area contributed by atoms with Crippen molar-refractivity contribution in [2.75, 3.05) is 13.1 Å². The van der Waals surface area contributed by atoms with Crippen molar-refractivity contribution in [3.8, 4) is 5.75 Å². The van der Waals surface area contributed by atoms with Crippen LogP contribution >= 0.6 is 0 Å². The molecule has 1 aromatic carbocycles. The number of benzene rings is 1. The Morgan fingerprint density at radius 3 is 2.40 bits per heavy atom. The number of hydrogen-bond acceptors (Lipinski definition) is 4. The number of para-hydroxylation sites is 1. The van der Waals surface area contributed by atoms with Crippen LogP contribution in [0.1, 0.15) is 31.1 Å². The molecule has 0 N–H and O–H groups in total. The Morgan fingerprint density at radius 1 is 1.20 bits per heavy atom. The van der Waals surface area contributed by atoms with Crippen LogP contribution in [0.5, 0.6) is 5.75 Å². The first-order valence-corrected chi connectivity index (χ1v) is 6.69. The predicted octanol–water partition coefficient (Wildman–Crippen LogP) is 1.86. The molecule has 1 saturated heterocycles. The molecule has 0 spiro atoms. The monoisotopic (exact) mass is 277 g/mol. The molecule has 1 aliphatic rings. The third kappa shape index (κ3) is 3.36. The molecule has 0 radical (unpaired) electrons. The number of carbonyl (C=O) groups is 2. The van der Waals surface area contributed by atoms with Crippen LogP contribution in [-0.2, 0) is 9.53 Å².